The van der Waals surface area contributed by atoms with Crippen LogP contribution in [0.25, 0.3) is 0 Å². The average Bonchev–Trinajstić information content (AvgIpc) is 2.38. The second kappa shape index (κ2) is 7.53. The summed E-state index contributed by atoms with van der Waals surface area (Å²) in [6.07, 6.45) is 0. The highest BCUT2D eigenvalue weighted by molar-refractivity contribution is 5.93. The van der Waals surface area contributed by atoms with E-state index in [1.807, 2.05) is 24.1 Å². The summed E-state index contributed by atoms with van der Waals surface area (Å²) in [7, 11) is 3.45. The number of esters is 1. The van der Waals surface area contributed by atoms with Crippen molar-refractivity contribution in [1.29, 1.82) is 0 Å². The smallest absolute Gasteiger partial charge is 0.320 e. The lowest BCUT2D eigenvalue weighted by molar-refractivity contribution is -0.144. The molecule has 5 heteroatoms. The first-order chi connectivity index (χ1) is 9.06. The van der Waals surface area contributed by atoms with Gasteiger partial charge in [0.05, 0.1) is 13.2 Å². The van der Waals surface area contributed by atoms with Gasteiger partial charge in [-0.1, -0.05) is 12.1 Å². The van der Waals surface area contributed by atoms with Gasteiger partial charge in [-0.15, -0.1) is 0 Å². The molecule has 5 nitrogen and oxygen atoms in total. The molecule has 0 aliphatic carbocycles. The van der Waals surface area contributed by atoms with Crippen molar-refractivity contribution in [2.75, 3.05) is 27.2 Å². The zero-order chi connectivity index (χ0) is 14.3. The van der Waals surface area contributed by atoms with E-state index in [9.17, 15) is 9.59 Å². The first-order valence-electron chi connectivity index (χ1n) is 6.22. The van der Waals surface area contributed by atoms with E-state index in [1.165, 1.54) is 0 Å². The number of likely N-dealkylation sites (N-methyl/N-ethyl adjacent to an activating group) is 1. The van der Waals surface area contributed by atoms with Crippen LogP contribution in [0.1, 0.15) is 22.8 Å². The van der Waals surface area contributed by atoms with E-state index < -0.39 is 0 Å². The van der Waals surface area contributed by atoms with E-state index in [0.717, 1.165) is 5.56 Å². The molecule has 104 valence electrons. The minimum atomic E-state index is -0.230. The number of nitrogens with zero attached hydrogens (tertiary/aromatic N) is 1. The van der Waals surface area contributed by atoms with Gasteiger partial charge in [0.1, 0.15) is 0 Å². The normalized spacial score (nSPS) is 10.3. The van der Waals surface area contributed by atoms with Crippen LogP contribution in [0.4, 0.5) is 0 Å². The third kappa shape index (κ3) is 5.09. The summed E-state index contributed by atoms with van der Waals surface area (Å²) in [6, 6.07) is 7.30. The van der Waals surface area contributed by atoms with Crippen molar-refractivity contribution in [3.63, 3.8) is 0 Å². The molecule has 0 spiro atoms. The zero-order valence-electron chi connectivity index (χ0n) is 11.6. The number of hydrogen-bond acceptors (Lipinski definition) is 4. The van der Waals surface area contributed by atoms with Gasteiger partial charge in [-0.2, -0.15) is 0 Å². The SMILES string of the molecule is CCOC(=O)CN(C)Cc1ccc(C(=O)NC)cc1. The van der Waals surface area contributed by atoms with Crippen molar-refractivity contribution in [3.05, 3.63) is 35.4 Å². The Kier molecular flexibility index (Phi) is 6.02. The molecule has 1 rings (SSSR count). The average molecular weight is 264 g/mol. The molecule has 0 atom stereocenters. The molecule has 0 aliphatic rings. The Hall–Kier alpha value is -1.88. The van der Waals surface area contributed by atoms with E-state index in [0.29, 0.717) is 18.7 Å². The first kappa shape index (κ1) is 15.2. The van der Waals surface area contributed by atoms with Gasteiger partial charge in [-0.25, -0.2) is 0 Å². The molecule has 0 fully saturated rings. The third-order valence-electron chi connectivity index (χ3n) is 2.60. The number of rotatable bonds is 6. The molecule has 0 heterocycles. The molecule has 1 N–H and O–H groups in total. The lowest BCUT2D eigenvalue weighted by Gasteiger charge is -2.15. The zero-order valence-corrected chi connectivity index (χ0v) is 11.6. The summed E-state index contributed by atoms with van der Waals surface area (Å²) in [5.74, 6) is -0.335. The summed E-state index contributed by atoms with van der Waals surface area (Å²) in [5.41, 5.74) is 1.67. The van der Waals surface area contributed by atoms with Crippen LogP contribution < -0.4 is 5.32 Å². The van der Waals surface area contributed by atoms with Gasteiger partial charge in [0.15, 0.2) is 0 Å². The Balaban J connectivity index is 2.53. The Labute approximate surface area is 113 Å². The number of benzene rings is 1. The molecule has 1 aromatic carbocycles. The Morgan fingerprint density at radius 1 is 1.26 bits per heavy atom. The number of hydrogen-bond donors (Lipinski definition) is 1. The molecule has 0 radical (unpaired) electrons. The minimum Gasteiger partial charge on any atom is -0.465 e. The third-order valence-corrected chi connectivity index (χ3v) is 2.60. The fourth-order valence-electron chi connectivity index (χ4n) is 1.70. The molecule has 0 saturated heterocycles. The van der Waals surface area contributed by atoms with Gasteiger partial charge < -0.3 is 10.1 Å². The second-order valence-corrected chi connectivity index (χ2v) is 4.25. The van der Waals surface area contributed by atoms with Crippen molar-refractivity contribution in [1.82, 2.24) is 10.2 Å². The van der Waals surface area contributed by atoms with Gasteiger partial charge in [0, 0.05) is 19.2 Å². The van der Waals surface area contributed by atoms with Crippen molar-refractivity contribution in [3.8, 4) is 0 Å². The molecule has 19 heavy (non-hydrogen) atoms. The predicted molar refractivity (Wildman–Crippen MR) is 72.8 cm³/mol. The van der Waals surface area contributed by atoms with E-state index in [2.05, 4.69) is 5.32 Å². The lowest BCUT2D eigenvalue weighted by Crippen LogP contribution is -2.27. The fraction of sp³-hybridized carbons (Fsp3) is 0.429. The summed E-state index contributed by atoms with van der Waals surface area (Å²) in [4.78, 5) is 24.6. The Morgan fingerprint density at radius 2 is 1.89 bits per heavy atom. The van der Waals surface area contributed by atoms with Crippen LogP contribution >= 0.6 is 0 Å². The highest BCUT2D eigenvalue weighted by atomic mass is 16.5. The number of carbonyl (C=O) groups excluding carboxylic acids is 2. The van der Waals surface area contributed by atoms with Crippen LogP contribution in [0.3, 0.4) is 0 Å². The highest BCUT2D eigenvalue weighted by Crippen LogP contribution is 2.06. The second-order valence-electron chi connectivity index (χ2n) is 4.25. The van der Waals surface area contributed by atoms with Crippen molar-refractivity contribution in [2.45, 2.75) is 13.5 Å². The lowest BCUT2D eigenvalue weighted by atomic mass is 10.1. The van der Waals surface area contributed by atoms with Gasteiger partial charge >= 0.3 is 5.97 Å². The molecule has 1 aromatic rings. The van der Waals surface area contributed by atoms with Crippen molar-refractivity contribution in [2.24, 2.45) is 0 Å². The molecule has 0 unspecified atom stereocenters. The molecule has 0 saturated carbocycles. The number of amides is 1. The van der Waals surface area contributed by atoms with E-state index >= 15 is 0 Å². The van der Waals surface area contributed by atoms with Crippen molar-refractivity contribution < 1.29 is 14.3 Å². The summed E-state index contributed by atoms with van der Waals surface area (Å²) < 4.78 is 4.88. The maximum Gasteiger partial charge on any atom is 0.320 e. The van der Waals surface area contributed by atoms with Crippen LogP contribution in [-0.4, -0.2) is 44.0 Å². The van der Waals surface area contributed by atoms with E-state index in [4.69, 9.17) is 4.74 Å². The van der Waals surface area contributed by atoms with Crippen LogP contribution in [0, 0.1) is 0 Å². The number of carbonyl (C=O) groups is 2. The molecule has 1 amide bonds. The maximum absolute atomic E-state index is 11.4. The molecule has 0 bridgehead atoms. The predicted octanol–water partition coefficient (Wildman–Crippen LogP) is 1.04. The standard InChI is InChI=1S/C14H20N2O3/c1-4-19-13(17)10-16(3)9-11-5-7-12(8-6-11)14(18)15-2/h5-8H,4,9-10H2,1-3H3,(H,15,18). The Morgan fingerprint density at radius 3 is 2.42 bits per heavy atom. The molecule has 0 aliphatic heterocycles. The Bertz CT molecular complexity index is 429. The van der Waals surface area contributed by atoms with Crippen LogP contribution in [0.15, 0.2) is 24.3 Å². The van der Waals surface area contributed by atoms with Gasteiger partial charge in [0.2, 0.25) is 0 Å². The molecular weight excluding hydrogens is 244 g/mol. The molecule has 0 aromatic heterocycles. The van der Waals surface area contributed by atoms with E-state index in [1.54, 1.807) is 26.1 Å². The van der Waals surface area contributed by atoms with E-state index in [-0.39, 0.29) is 18.4 Å². The first-order valence-corrected chi connectivity index (χ1v) is 6.22. The quantitative estimate of drug-likeness (QED) is 0.780. The van der Waals surface area contributed by atoms with Crippen LogP contribution in [0.2, 0.25) is 0 Å². The monoisotopic (exact) mass is 264 g/mol. The van der Waals surface area contributed by atoms with Gasteiger partial charge in [0.25, 0.3) is 5.91 Å². The fourth-order valence-corrected chi connectivity index (χ4v) is 1.70. The number of ether oxygens (including phenoxy) is 1. The summed E-state index contributed by atoms with van der Waals surface area (Å²) >= 11 is 0. The largest absolute Gasteiger partial charge is 0.465 e. The number of nitrogens with one attached hydrogen (secondary N) is 1. The molecular formula is C14H20N2O3. The van der Waals surface area contributed by atoms with Crippen molar-refractivity contribution >= 4 is 11.9 Å². The maximum atomic E-state index is 11.4. The summed E-state index contributed by atoms with van der Waals surface area (Å²) in [5, 5.41) is 2.57. The van der Waals surface area contributed by atoms with Gasteiger partial charge in [-0.05, 0) is 31.7 Å². The minimum absolute atomic E-state index is 0.105. The van der Waals surface area contributed by atoms with Crippen LogP contribution in [-0.2, 0) is 16.1 Å². The van der Waals surface area contributed by atoms with Gasteiger partial charge in [-0.3, -0.25) is 14.5 Å². The topological polar surface area (TPSA) is 58.6 Å². The van der Waals surface area contributed by atoms with Crippen LogP contribution in [0.5, 0.6) is 0 Å². The summed E-state index contributed by atoms with van der Waals surface area (Å²) in [6.45, 7) is 3.07. The highest BCUT2D eigenvalue weighted by Gasteiger charge is 2.08.